The molecule has 0 heterocycles. The van der Waals surface area contributed by atoms with E-state index in [1.807, 2.05) is 5.32 Å². The lowest BCUT2D eigenvalue weighted by Gasteiger charge is -2.19. The van der Waals surface area contributed by atoms with Crippen molar-refractivity contribution in [2.24, 2.45) is 0 Å². The molecule has 1 atom stereocenters. The number of carbonyl (C=O) groups excluding carboxylic acids is 1. The van der Waals surface area contributed by atoms with Crippen LogP contribution in [0.3, 0.4) is 0 Å². The molecule has 28 heavy (non-hydrogen) atoms. The first kappa shape index (κ1) is 24.6. The van der Waals surface area contributed by atoms with Crippen LogP contribution in [-0.4, -0.2) is 38.1 Å². The number of thioether (sulfide) groups is 1. The van der Waals surface area contributed by atoms with Crippen molar-refractivity contribution in [3.8, 4) is 0 Å². The van der Waals surface area contributed by atoms with E-state index in [1.165, 1.54) is 18.7 Å². The zero-order valence-electron chi connectivity index (χ0n) is 14.7. The Balaban J connectivity index is 3.22. The zero-order chi connectivity index (χ0) is 21.8. The van der Waals surface area contributed by atoms with Crippen molar-refractivity contribution >= 4 is 33.4 Å². The summed E-state index contributed by atoms with van der Waals surface area (Å²) >= 11 is 1.29. The van der Waals surface area contributed by atoms with Gasteiger partial charge in [-0.25, -0.2) is 13.1 Å². The lowest BCUT2D eigenvalue weighted by atomic mass is 10.1. The maximum absolute atomic E-state index is 12.9. The second kappa shape index (κ2) is 9.35. The van der Waals surface area contributed by atoms with Gasteiger partial charge in [-0.2, -0.15) is 38.1 Å². The van der Waals surface area contributed by atoms with Crippen LogP contribution in [0.25, 0.3) is 0 Å². The summed E-state index contributed by atoms with van der Waals surface area (Å²) in [5.41, 5.74) is -3.92. The van der Waals surface area contributed by atoms with Crippen molar-refractivity contribution in [1.82, 2.24) is 4.72 Å². The zero-order valence-corrected chi connectivity index (χ0v) is 16.4. The lowest BCUT2D eigenvalue weighted by Crippen LogP contribution is -2.44. The second-order valence-corrected chi connectivity index (χ2v) is 8.67. The third-order valence-electron chi connectivity index (χ3n) is 3.48. The van der Waals surface area contributed by atoms with E-state index in [0.717, 1.165) is 0 Å². The highest BCUT2D eigenvalue weighted by atomic mass is 32.2. The summed E-state index contributed by atoms with van der Waals surface area (Å²) in [7, 11) is -3.83. The summed E-state index contributed by atoms with van der Waals surface area (Å²) in [5, 5.41) is 1.95. The van der Waals surface area contributed by atoms with Crippen LogP contribution in [0.4, 0.5) is 32.0 Å². The second-order valence-electron chi connectivity index (χ2n) is 5.64. The van der Waals surface area contributed by atoms with Crippen molar-refractivity contribution in [1.29, 1.82) is 0 Å². The fourth-order valence-corrected chi connectivity index (χ4v) is 3.33. The summed E-state index contributed by atoms with van der Waals surface area (Å²) in [6.07, 6.45) is -8.45. The molecule has 1 amide bonds. The van der Waals surface area contributed by atoms with Crippen LogP contribution in [0, 0.1) is 0 Å². The van der Waals surface area contributed by atoms with Crippen molar-refractivity contribution < 1.29 is 39.6 Å². The van der Waals surface area contributed by atoms with E-state index < -0.39 is 51.1 Å². The molecule has 1 aromatic rings. The number of benzene rings is 1. The Morgan fingerprint density at radius 3 is 1.96 bits per heavy atom. The molecule has 0 aromatic heterocycles. The van der Waals surface area contributed by atoms with Crippen LogP contribution in [0.1, 0.15) is 24.5 Å². The van der Waals surface area contributed by atoms with E-state index in [-0.39, 0.29) is 18.2 Å². The van der Waals surface area contributed by atoms with E-state index in [1.54, 1.807) is 6.26 Å². The maximum Gasteiger partial charge on any atom is 0.416 e. The normalized spacial score (nSPS) is 14.0. The molecule has 1 aromatic carbocycles. The standard InChI is InChI=1S/C15H18F6N2O3S2/c1-3-28(25,26)23-12(4-5-27-2)13(24)22-11-7-9(14(16,17)18)6-10(8-11)15(19,20)21/h6-8,12,23H,3-5H2,1-2H3,(H,22,24). The molecular formula is C15H18F6N2O3S2. The first-order valence-corrected chi connectivity index (χ1v) is 10.8. The van der Waals surface area contributed by atoms with Gasteiger partial charge in [-0.15, -0.1) is 0 Å². The quantitative estimate of drug-likeness (QED) is 0.590. The summed E-state index contributed by atoms with van der Waals surface area (Å²) in [5.74, 6) is -1.07. The lowest BCUT2D eigenvalue weighted by molar-refractivity contribution is -0.143. The number of nitrogens with one attached hydrogen (secondary N) is 2. The molecule has 0 bridgehead atoms. The Hall–Kier alpha value is -1.47. The number of alkyl halides is 6. The largest absolute Gasteiger partial charge is 0.416 e. The molecule has 160 valence electrons. The van der Waals surface area contributed by atoms with Crippen LogP contribution in [-0.2, 0) is 27.2 Å². The van der Waals surface area contributed by atoms with Crippen molar-refractivity contribution in [2.45, 2.75) is 31.7 Å². The van der Waals surface area contributed by atoms with Gasteiger partial charge in [0.1, 0.15) is 6.04 Å². The molecule has 5 nitrogen and oxygen atoms in total. The highest BCUT2D eigenvalue weighted by molar-refractivity contribution is 7.98. The highest BCUT2D eigenvalue weighted by Gasteiger charge is 2.37. The van der Waals surface area contributed by atoms with Gasteiger partial charge in [-0.3, -0.25) is 4.79 Å². The minimum atomic E-state index is -5.07. The van der Waals surface area contributed by atoms with Gasteiger partial charge in [-0.05, 0) is 43.6 Å². The summed E-state index contributed by atoms with van der Waals surface area (Å²) in [6, 6.07) is -0.706. The molecule has 0 fully saturated rings. The number of hydrogen-bond acceptors (Lipinski definition) is 4. The monoisotopic (exact) mass is 452 g/mol. The number of amides is 1. The fraction of sp³-hybridized carbons (Fsp3) is 0.533. The molecule has 0 radical (unpaired) electrons. The molecule has 0 aliphatic carbocycles. The number of rotatable bonds is 8. The molecule has 13 heteroatoms. The topological polar surface area (TPSA) is 75.3 Å². The smallest absolute Gasteiger partial charge is 0.325 e. The van der Waals surface area contributed by atoms with Crippen LogP contribution < -0.4 is 10.0 Å². The van der Waals surface area contributed by atoms with Gasteiger partial charge >= 0.3 is 12.4 Å². The Labute approximate surface area is 162 Å². The van der Waals surface area contributed by atoms with E-state index in [4.69, 9.17) is 0 Å². The SMILES string of the molecule is CCS(=O)(=O)NC(CCSC)C(=O)Nc1cc(C(F)(F)F)cc(C(F)(F)F)c1. The van der Waals surface area contributed by atoms with Gasteiger partial charge in [0.15, 0.2) is 0 Å². The minimum absolute atomic E-state index is 0.00266. The molecule has 1 unspecified atom stereocenters. The summed E-state index contributed by atoms with van der Waals surface area (Å²) in [6.45, 7) is 1.31. The number of anilines is 1. The predicted molar refractivity (Wildman–Crippen MR) is 94.5 cm³/mol. The van der Waals surface area contributed by atoms with Gasteiger partial charge in [0.25, 0.3) is 0 Å². The van der Waals surface area contributed by atoms with Crippen LogP contribution in [0.5, 0.6) is 0 Å². The summed E-state index contributed by atoms with van der Waals surface area (Å²) in [4.78, 5) is 12.3. The highest BCUT2D eigenvalue weighted by Crippen LogP contribution is 2.37. The number of halogens is 6. The van der Waals surface area contributed by atoms with Crippen molar-refractivity contribution in [3.05, 3.63) is 29.3 Å². The average Bonchev–Trinajstić information content (AvgIpc) is 2.56. The first-order chi connectivity index (χ1) is 12.7. The Morgan fingerprint density at radius 2 is 1.57 bits per heavy atom. The summed E-state index contributed by atoms with van der Waals surface area (Å²) < 4.78 is 103. The first-order valence-electron chi connectivity index (χ1n) is 7.79. The van der Waals surface area contributed by atoms with E-state index >= 15 is 0 Å². The molecule has 0 saturated carbocycles. The molecule has 1 rings (SSSR count). The Morgan fingerprint density at radius 1 is 1.07 bits per heavy atom. The van der Waals surface area contributed by atoms with Gasteiger partial charge in [0.05, 0.1) is 16.9 Å². The van der Waals surface area contributed by atoms with Gasteiger partial charge < -0.3 is 5.32 Å². The minimum Gasteiger partial charge on any atom is -0.325 e. The molecule has 0 spiro atoms. The number of hydrogen-bond donors (Lipinski definition) is 2. The van der Waals surface area contributed by atoms with Crippen LogP contribution in [0.2, 0.25) is 0 Å². The number of carbonyl (C=O) groups is 1. The molecule has 0 aliphatic rings. The van der Waals surface area contributed by atoms with Gasteiger partial charge in [0.2, 0.25) is 15.9 Å². The molecule has 0 aliphatic heterocycles. The van der Waals surface area contributed by atoms with E-state index in [9.17, 15) is 39.6 Å². The Bertz CT molecular complexity index is 762. The van der Waals surface area contributed by atoms with Crippen molar-refractivity contribution in [2.75, 3.05) is 23.1 Å². The van der Waals surface area contributed by atoms with Crippen molar-refractivity contribution in [3.63, 3.8) is 0 Å². The van der Waals surface area contributed by atoms with E-state index in [0.29, 0.717) is 17.9 Å². The van der Waals surface area contributed by atoms with Gasteiger partial charge in [-0.1, -0.05) is 0 Å². The maximum atomic E-state index is 12.9. The van der Waals surface area contributed by atoms with Gasteiger partial charge in [0, 0.05) is 5.69 Å². The third kappa shape index (κ3) is 7.51. The Kier molecular flexibility index (Phi) is 8.21. The molecular weight excluding hydrogens is 434 g/mol. The van der Waals surface area contributed by atoms with Crippen LogP contribution >= 0.6 is 11.8 Å². The third-order valence-corrected chi connectivity index (χ3v) is 5.53. The molecule has 0 saturated heterocycles. The van der Waals surface area contributed by atoms with Crippen LogP contribution in [0.15, 0.2) is 18.2 Å². The molecule has 2 N–H and O–H groups in total. The average molecular weight is 452 g/mol. The van der Waals surface area contributed by atoms with E-state index in [2.05, 4.69) is 4.72 Å². The predicted octanol–water partition coefficient (Wildman–Crippen LogP) is 3.72. The number of sulfonamides is 1. The fourth-order valence-electron chi connectivity index (χ4n) is 2.04.